The number of ether oxygens (including phenoxy) is 1. The first kappa shape index (κ1) is 22.0. The van der Waals surface area contributed by atoms with Gasteiger partial charge < -0.3 is 15.4 Å². The van der Waals surface area contributed by atoms with Crippen LogP contribution in [-0.2, 0) is 15.5 Å². The SMILES string of the molecule is CCOC(=O)c1sc(C(C)NC(=NC)NCCS(=O)c2ccccc2)nc1C. The Hall–Kier alpha value is -2.26. The number of carbonyl (C=O) groups is 1. The Kier molecular flexibility index (Phi) is 8.59. The number of aliphatic imine (C=N–C) groups is 1. The van der Waals surface area contributed by atoms with Gasteiger partial charge in [0.05, 0.1) is 29.1 Å². The number of hydrogen-bond acceptors (Lipinski definition) is 6. The molecule has 0 aliphatic heterocycles. The molecule has 0 aliphatic carbocycles. The van der Waals surface area contributed by atoms with E-state index in [2.05, 4.69) is 20.6 Å². The Bertz CT molecular complexity index is 837. The summed E-state index contributed by atoms with van der Waals surface area (Å²) in [6, 6.07) is 9.23. The lowest BCUT2D eigenvalue weighted by atomic mass is 10.3. The van der Waals surface area contributed by atoms with Crippen molar-refractivity contribution in [3.05, 3.63) is 45.9 Å². The van der Waals surface area contributed by atoms with Crippen molar-refractivity contribution in [2.75, 3.05) is 26.0 Å². The first-order valence-corrected chi connectivity index (χ1v) is 11.1. The number of esters is 1. The molecule has 0 saturated carbocycles. The van der Waals surface area contributed by atoms with Gasteiger partial charge in [0.25, 0.3) is 0 Å². The van der Waals surface area contributed by atoms with Gasteiger partial charge in [-0.3, -0.25) is 9.20 Å². The van der Waals surface area contributed by atoms with Gasteiger partial charge >= 0.3 is 5.97 Å². The quantitative estimate of drug-likeness (QED) is 0.386. The number of benzene rings is 1. The normalized spacial score (nSPS) is 13.6. The number of hydrogen-bond donors (Lipinski definition) is 2. The summed E-state index contributed by atoms with van der Waals surface area (Å²) in [5, 5.41) is 7.18. The van der Waals surface area contributed by atoms with Gasteiger partial charge in [-0.05, 0) is 32.9 Å². The van der Waals surface area contributed by atoms with Crippen LogP contribution in [-0.4, -0.2) is 47.1 Å². The third kappa shape index (κ3) is 6.13. The molecule has 2 aromatic rings. The minimum Gasteiger partial charge on any atom is -0.462 e. The van der Waals surface area contributed by atoms with Gasteiger partial charge in [0, 0.05) is 24.2 Å². The van der Waals surface area contributed by atoms with Crippen LogP contribution in [0.3, 0.4) is 0 Å². The number of nitrogens with zero attached hydrogens (tertiary/aromatic N) is 2. The number of thiazole rings is 1. The fourth-order valence-corrected chi connectivity index (χ4v) is 4.35. The number of aromatic nitrogens is 1. The lowest BCUT2D eigenvalue weighted by Crippen LogP contribution is -2.40. The minimum atomic E-state index is -1.06. The first-order chi connectivity index (χ1) is 13.5. The highest BCUT2D eigenvalue weighted by Crippen LogP contribution is 2.24. The highest BCUT2D eigenvalue weighted by molar-refractivity contribution is 7.85. The van der Waals surface area contributed by atoms with Gasteiger partial charge in [-0.25, -0.2) is 9.78 Å². The van der Waals surface area contributed by atoms with Crippen molar-refractivity contribution in [3.8, 4) is 0 Å². The molecule has 2 atom stereocenters. The third-order valence-electron chi connectivity index (χ3n) is 3.81. The monoisotopic (exact) mass is 422 g/mol. The molecule has 28 heavy (non-hydrogen) atoms. The van der Waals surface area contributed by atoms with Crippen molar-refractivity contribution in [2.24, 2.45) is 4.99 Å². The molecular formula is C19H26N4O3S2. The second-order valence-electron chi connectivity index (χ2n) is 5.91. The fourth-order valence-electron chi connectivity index (χ4n) is 2.40. The fraction of sp³-hybridized carbons (Fsp3) is 0.421. The van der Waals surface area contributed by atoms with Crippen LogP contribution >= 0.6 is 11.3 Å². The van der Waals surface area contributed by atoms with Crippen molar-refractivity contribution in [2.45, 2.75) is 31.7 Å². The largest absolute Gasteiger partial charge is 0.462 e. The van der Waals surface area contributed by atoms with Crippen LogP contribution in [0, 0.1) is 6.92 Å². The number of rotatable bonds is 8. The molecule has 7 nitrogen and oxygen atoms in total. The molecule has 2 N–H and O–H groups in total. The van der Waals surface area contributed by atoms with E-state index in [-0.39, 0.29) is 12.0 Å². The van der Waals surface area contributed by atoms with E-state index in [1.165, 1.54) is 11.3 Å². The molecule has 0 saturated heterocycles. The lowest BCUT2D eigenvalue weighted by molar-refractivity contribution is 0.0531. The van der Waals surface area contributed by atoms with Crippen LogP contribution < -0.4 is 10.6 Å². The highest BCUT2D eigenvalue weighted by Gasteiger charge is 2.20. The van der Waals surface area contributed by atoms with Crippen molar-refractivity contribution in [1.82, 2.24) is 15.6 Å². The maximum Gasteiger partial charge on any atom is 0.350 e. The van der Waals surface area contributed by atoms with Gasteiger partial charge in [0.15, 0.2) is 5.96 Å². The topological polar surface area (TPSA) is 92.7 Å². The molecule has 1 heterocycles. The number of carbonyl (C=O) groups excluding carboxylic acids is 1. The summed E-state index contributed by atoms with van der Waals surface area (Å²) in [5.41, 5.74) is 0.660. The van der Waals surface area contributed by atoms with Crippen LogP contribution in [0.15, 0.2) is 40.2 Å². The molecule has 2 rings (SSSR count). The summed E-state index contributed by atoms with van der Waals surface area (Å²) >= 11 is 1.31. The molecule has 0 fully saturated rings. The highest BCUT2D eigenvalue weighted by atomic mass is 32.2. The van der Waals surface area contributed by atoms with E-state index < -0.39 is 10.8 Å². The van der Waals surface area contributed by atoms with Gasteiger partial charge in [-0.2, -0.15) is 0 Å². The Morgan fingerprint density at radius 1 is 1.36 bits per heavy atom. The summed E-state index contributed by atoms with van der Waals surface area (Å²) in [6.07, 6.45) is 0. The number of guanidine groups is 1. The van der Waals surface area contributed by atoms with Crippen LogP contribution in [0.5, 0.6) is 0 Å². The molecule has 0 radical (unpaired) electrons. The van der Waals surface area contributed by atoms with E-state index in [1.54, 1.807) is 20.9 Å². The maximum absolute atomic E-state index is 12.3. The molecule has 1 aromatic heterocycles. The van der Waals surface area contributed by atoms with Crippen molar-refractivity contribution >= 4 is 34.1 Å². The van der Waals surface area contributed by atoms with Crippen LogP contribution in [0.25, 0.3) is 0 Å². The maximum atomic E-state index is 12.3. The van der Waals surface area contributed by atoms with Crippen LogP contribution in [0.2, 0.25) is 0 Å². The molecule has 0 amide bonds. The second kappa shape index (κ2) is 10.9. The summed E-state index contributed by atoms with van der Waals surface area (Å²) in [6.45, 7) is 6.37. The lowest BCUT2D eigenvalue weighted by Gasteiger charge is -2.16. The van der Waals surface area contributed by atoms with Gasteiger partial charge in [-0.1, -0.05) is 18.2 Å². The zero-order valence-corrected chi connectivity index (χ0v) is 18.2. The molecule has 0 spiro atoms. The summed E-state index contributed by atoms with van der Waals surface area (Å²) < 4.78 is 17.3. The standard InChI is InChI=1S/C19H26N4O3S2/c1-5-26-18(24)16-13(2)22-17(27-16)14(3)23-19(20-4)21-11-12-28(25)15-9-7-6-8-10-15/h6-10,14H,5,11-12H2,1-4H3,(H2,20,21,23). The smallest absolute Gasteiger partial charge is 0.350 e. The van der Waals surface area contributed by atoms with E-state index in [0.717, 1.165) is 9.90 Å². The minimum absolute atomic E-state index is 0.141. The predicted octanol–water partition coefficient (Wildman–Crippen LogP) is 2.66. The summed E-state index contributed by atoms with van der Waals surface area (Å²) in [4.78, 5) is 22.0. The average molecular weight is 423 g/mol. The van der Waals surface area contributed by atoms with Crippen LogP contribution in [0.4, 0.5) is 0 Å². The van der Waals surface area contributed by atoms with Gasteiger partial charge in [0.1, 0.15) is 9.88 Å². The molecule has 0 bridgehead atoms. The number of nitrogens with one attached hydrogen (secondary N) is 2. The van der Waals surface area contributed by atoms with Gasteiger partial charge in [-0.15, -0.1) is 11.3 Å². The molecule has 152 valence electrons. The van der Waals surface area contributed by atoms with Crippen molar-refractivity contribution in [1.29, 1.82) is 0 Å². The van der Waals surface area contributed by atoms with E-state index in [0.29, 0.717) is 35.4 Å². The number of aryl methyl sites for hydroxylation is 1. The van der Waals surface area contributed by atoms with Crippen molar-refractivity contribution in [3.63, 3.8) is 0 Å². The Balaban J connectivity index is 1.89. The molecule has 1 aromatic carbocycles. The van der Waals surface area contributed by atoms with Crippen molar-refractivity contribution < 1.29 is 13.7 Å². The zero-order chi connectivity index (χ0) is 20.5. The van der Waals surface area contributed by atoms with E-state index >= 15 is 0 Å². The van der Waals surface area contributed by atoms with E-state index in [1.807, 2.05) is 37.3 Å². The summed E-state index contributed by atoms with van der Waals surface area (Å²) in [7, 11) is 0.609. The average Bonchev–Trinajstić information content (AvgIpc) is 3.09. The Morgan fingerprint density at radius 2 is 2.07 bits per heavy atom. The third-order valence-corrected chi connectivity index (χ3v) is 6.50. The van der Waals surface area contributed by atoms with Gasteiger partial charge in [0.2, 0.25) is 0 Å². The predicted molar refractivity (Wildman–Crippen MR) is 113 cm³/mol. The molecule has 9 heteroatoms. The second-order valence-corrected chi connectivity index (χ2v) is 8.52. The Morgan fingerprint density at radius 3 is 2.71 bits per heavy atom. The molecule has 2 unspecified atom stereocenters. The Labute approximate surface area is 172 Å². The molecular weight excluding hydrogens is 396 g/mol. The van der Waals surface area contributed by atoms with E-state index in [4.69, 9.17) is 4.74 Å². The van der Waals surface area contributed by atoms with Crippen LogP contribution in [0.1, 0.15) is 40.3 Å². The van der Waals surface area contributed by atoms with E-state index in [9.17, 15) is 9.00 Å². The molecule has 0 aliphatic rings. The first-order valence-electron chi connectivity index (χ1n) is 9.01. The summed E-state index contributed by atoms with van der Waals surface area (Å²) in [5.74, 6) is 0.715. The zero-order valence-electron chi connectivity index (χ0n) is 16.5.